The van der Waals surface area contributed by atoms with E-state index < -0.39 is 0 Å². The molecule has 1 fully saturated rings. The molecule has 0 saturated heterocycles. The van der Waals surface area contributed by atoms with Crippen molar-refractivity contribution in [3.05, 3.63) is 15.3 Å². The van der Waals surface area contributed by atoms with Crippen LogP contribution in [0.3, 0.4) is 0 Å². The van der Waals surface area contributed by atoms with Crippen LogP contribution in [0.25, 0.3) is 0 Å². The van der Waals surface area contributed by atoms with Gasteiger partial charge < -0.3 is 5.73 Å². The number of hydrogen-bond donors (Lipinski definition) is 1. The molecule has 60 valence electrons. The van der Waals surface area contributed by atoms with Crippen LogP contribution >= 0.6 is 22.9 Å². The molecule has 2 rings (SSSR count). The number of hydrogen-bond acceptors (Lipinski definition) is 2. The molecule has 0 aliphatic heterocycles. The van der Waals surface area contributed by atoms with Gasteiger partial charge in [-0.2, -0.15) is 0 Å². The Balaban J connectivity index is 2.45. The highest BCUT2D eigenvalue weighted by molar-refractivity contribution is 7.15. The summed E-state index contributed by atoms with van der Waals surface area (Å²) in [6, 6.07) is 0. The van der Waals surface area contributed by atoms with Gasteiger partial charge in [0, 0.05) is 0 Å². The lowest BCUT2D eigenvalue weighted by Gasteiger charge is -2.05. The van der Waals surface area contributed by atoms with Gasteiger partial charge in [0.05, 0.1) is 5.69 Å². The Kier molecular flexibility index (Phi) is 1.45. The Bertz CT molecular complexity index is 288. The summed E-state index contributed by atoms with van der Waals surface area (Å²) >= 11 is 7.40. The summed E-state index contributed by atoms with van der Waals surface area (Å²) in [5.74, 6) is 0. The van der Waals surface area contributed by atoms with E-state index >= 15 is 0 Å². The lowest BCUT2D eigenvalue weighted by Crippen LogP contribution is -2.01. The van der Waals surface area contributed by atoms with Crippen molar-refractivity contribution in [3.8, 4) is 0 Å². The van der Waals surface area contributed by atoms with Gasteiger partial charge in [-0.3, -0.25) is 0 Å². The van der Waals surface area contributed by atoms with Crippen molar-refractivity contribution in [2.24, 2.45) is 0 Å². The minimum Gasteiger partial charge on any atom is -0.397 e. The largest absolute Gasteiger partial charge is 0.397 e. The number of anilines is 1. The molecule has 1 aliphatic carbocycles. The third-order valence-electron chi connectivity index (χ3n) is 2.43. The average Bonchev–Trinajstić information content (AvgIpc) is 2.60. The molecule has 11 heavy (non-hydrogen) atoms. The zero-order chi connectivity index (χ0) is 8.06. The monoisotopic (exact) mass is 187 g/mol. The van der Waals surface area contributed by atoms with E-state index in [1.807, 2.05) is 0 Å². The SMILES string of the molecule is CC1(c2csc(Cl)c2N)CC1. The molecule has 2 N–H and O–H groups in total. The summed E-state index contributed by atoms with van der Waals surface area (Å²) in [6.07, 6.45) is 2.51. The summed E-state index contributed by atoms with van der Waals surface area (Å²) in [5.41, 5.74) is 8.22. The van der Waals surface area contributed by atoms with Crippen LogP contribution in [0.1, 0.15) is 25.3 Å². The van der Waals surface area contributed by atoms with E-state index in [1.54, 1.807) is 0 Å². The van der Waals surface area contributed by atoms with Crippen LogP contribution < -0.4 is 5.73 Å². The van der Waals surface area contributed by atoms with Crippen LogP contribution in [-0.4, -0.2) is 0 Å². The Morgan fingerprint density at radius 2 is 2.27 bits per heavy atom. The average molecular weight is 188 g/mol. The van der Waals surface area contributed by atoms with Crippen molar-refractivity contribution in [2.75, 3.05) is 5.73 Å². The van der Waals surface area contributed by atoms with Crippen LogP contribution in [0.15, 0.2) is 5.38 Å². The highest BCUT2D eigenvalue weighted by Crippen LogP contribution is 2.52. The number of thiophene rings is 1. The molecule has 0 unspecified atom stereocenters. The van der Waals surface area contributed by atoms with Crippen LogP contribution in [0, 0.1) is 0 Å². The highest BCUT2D eigenvalue weighted by atomic mass is 35.5. The summed E-state index contributed by atoms with van der Waals surface area (Å²) < 4.78 is 0.744. The summed E-state index contributed by atoms with van der Waals surface area (Å²) in [6.45, 7) is 2.24. The maximum Gasteiger partial charge on any atom is 0.116 e. The summed E-state index contributed by atoms with van der Waals surface area (Å²) in [7, 11) is 0. The fraction of sp³-hybridized carbons (Fsp3) is 0.500. The zero-order valence-corrected chi connectivity index (χ0v) is 7.93. The number of rotatable bonds is 1. The Morgan fingerprint density at radius 3 is 2.64 bits per heavy atom. The molecule has 0 radical (unpaired) electrons. The predicted octanol–water partition coefficient (Wildman–Crippen LogP) is 3.04. The molecule has 1 nitrogen and oxygen atoms in total. The third kappa shape index (κ3) is 1.05. The second-order valence-electron chi connectivity index (χ2n) is 3.40. The lowest BCUT2D eigenvalue weighted by atomic mass is 10.0. The molecule has 1 aromatic heterocycles. The second kappa shape index (κ2) is 2.14. The number of halogens is 1. The first-order valence-electron chi connectivity index (χ1n) is 3.66. The van der Waals surface area contributed by atoms with Gasteiger partial charge in [-0.05, 0) is 29.2 Å². The van der Waals surface area contributed by atoms with Crippen molar-refractivity contribution >= 4 is 28.6 Å². The van der Waals surface area contributed by atoms with Crippen molar-refractivity contribution in [1.82, 2.24) is 0 Å². The molecule has 0 amide bonds. The molecular formula is C8H10ClNS. The molecule has 1 saturated carbocycles. The van der Waals surface area contributed by atoms with E-state index in [0.717, 1.165) is 10.0 Å². The number of nitrogen functional groups attached to an aromatic ring is 1. The maximum absolute atomic E-state index is 5.86. The Morgan fingerprint density at radius 1 is 1.64 bits per heavy atom. The van der Waals surface area contributed by atoms with E-state index in [4.69, 9.17) is 17.3 Å². The summed E-state index contributed by atoms with van der Waals surface area (Å²) in [4.78, 5) is 0. The minimum absolute atomic E-state index is 0.355. The van der Waals surface area contributed by atoms with E-state index in [2.05, 4.69) is 12.3 Å². The molecule has 1 aliphatic rings. The van der Waals surface area contributed by atoms with Crippen LogP contribution in [-0.2, 0) is 5.41 Å². The first-order chi connectivity index (χ1) is 5.13. The van der Waals surface area contributed by atoms with Gasteiger partial charge in [-0.15, -0.1) is 11.3 Å². The fourth-order valence-electron chi connectivity index (χ4n) is 1.27. The van der Waals surface area contributed by atoms with Crippen molar-refractivity contribution in [3.63, 3.8) is 0 Å². The molecule has 3 heteroatoms. The molecule has 0 bridgehead atoms. The zero-order valence-electron chi connectivity index (χ0n) is 6.36. The molecule has 0 atom stereocenters. The van der Waals surface area contributed by atoms with Gasteiger partial charge in [-0.25, -0.2) is 0 Å². The Hall–Kier alpha value is -0.210. The lowest BCUT2D eigenvalue weighted by molar-refractivity contribution is 0.795. The third-order valence-corrected chi connectivity index (χ3v) is 3.68. The normalized spacial score (nSPS) is 20.2. The molecular weight excluding hydrogens is 178 g/mol. The van der Waals surface area contributed by atoms with Gasteiger partial charge in [0.15, 0.2) is 0 Å². The minimum atomic E-state index is 0.355. The van der Waals surface area contributed by atoms with Crippen LogP contribution in [0.2, 0.25) is 4.34 Å². The van der Waals surface area contributed by atoms with Crippen molar-refractivity contribution < 1.29 is 0 Å². The van der Waals surface area contributed by atoms with E-state index in [-0.39, 0.29) is 0 Å². The second-order valence-corrected chi connectivity index (χ2v) is 4.88. The molecule has 1 heterocycles. The maximum atomic E-state index is 5.86. The van der Waals surface area contributed by atoms with Gasteiger partial charge in [-0.1, -0.05) is 18.5 Å². The fourth-order valence-corrected chi connectivity index (χ4v) is 2.37. The first kappa shape index (κ1) is 7.44. The highest BCUT2D eigenvalue weighted by Gasteiger charge is 2.41. The topological polar surface area (TPSA) is 26.0 Å². The van der Waals surface area contributed by atoms with Crippen LogP contribution in [0.5, 0.6) is 0 Å². The van der Waals surface area contributed by atoms with Gasteiger partial charge in [0.1, 0.15) is 4.34 Å². The van der Waals surface area contributed by atoms with Crippen molar-refractivity contribution in [1.29, 1.82) is 0 Å². The van der Waals surface area contributed by atoms with Gasteiger partial charge in [0.2, 0.25) is 0 Å². The molecule has 0 aromatic carbocycles. The quantitative estimate of drug-likeness (QED) is 0.719. The smallest absolute Gasteiger partial charge is 0.116 e. The first-order valence-corrected chi connectivity index (χ1v) is 4.92. The predicted molar refractivity (Wildman–Crippen MR) is 50.3 cm³/mol. The Labute approximate surface area is 75.2 Å². The van der Waals surface area contributed by atoms with Gasteiger partial charge in [0.25, 0.3) is 0 Å². The van der Waals surface area contributed by atoms with Gasteiger partial charge >= 0.3 is 0 Å². The molecule has 1 aromatic rings. The molecule has 0 spiro atoms. The summed E-state index contributed by atoms with van der Waals surface area (Å²) in [5, 5.41) is 2.09. The number of nitrogens with two attached hydrogens (primary N) is 1. The van der Waals surface area contributed by atoms with Crippen molar-refractivity contribution in [2.45, 2.75) is 25.2 Å². The van der Waals surface area contributed by atoms with E-state index in [1.165, 1.54) is 29.7 Å². The van der Waals surface area contributed by atoms with E-state index in [0.29, 0.717) is 5.41 Å². The van der Waals surface area contributed by atoms with Crippen LogP contribution in [0.4, 0.5) is 5.69 Å². The standard InChI is InChI=1S/C8H10ClNS/c1-8(2-3-8)5-4-11-7(9)6(5)10/h4H,2-3,10H2,1H3. The van der Waals surface area contributed by atoms with E-state index in [9.17, 15) is 0 Å².